The molecule has 4 rings (SSSR count). The Balaban J connectivity index is 1.21. The number of oxazole rings is 1. The van der Waals surface area contributed by atoms with Gasteiger partial charge in [-0.3, -0.25) is 0 Å². The third-order valence-electron chi connectivity index (χ3n) is 5.91. The Morgan fingerprint density at radius 3 is 2.53 bits per heavy atom. The van der Waals surface area contributed by atoms with Crippen molar-refractivity contribution in [3.8, 4) is 5.75 Å². The number of benzene rings is 2. The first-order valence-electron chi connectivity index (χ1n) is 11.9. The molecule has 3 aromatic rings. The van der Waals surface area contributed by atoms with E-state index in [2.05, 4.69) is 22.0 Å². The maximum absolute atomic E-state index is 14.0. The Morgan fingerprint density at radius 1 is 1.03 bits per heavy atom. The van der Waals surface area contributed by atoms with Crippen LogP contribution in [0.2, 0.25) is 0 Å². The zero-order chi connectivity index (χ0) is 25.4. The van der Waals surface area contributed by atoms with Gasteiger partial charge in [-0.05, 0) is 61.7 Å². The lowest BCUT2D eigenvalue weighted by Crippen LogP contribution is -2.33. The fourth-order valence-electron chi connectivity index (χ4n) is 3.86. The first-order chi connectivity index (χ1) is 17.4. The summed E-state index contributed by atoms with van der Waals surface area (Å²) >= 11 is 2.04. The number of hydrogen-bond donors (Lipinski definition) is 0. The normalized spacial score (nSPS) is 15.0. The summed E-state index contributed by atoms with van der Waals surface area (Å²) in [5.74, 6) is 2.44. The molecule has 2 heterocycles. The predicted octanol–water partition coefficient (Wildman–Crippen LogP) is 6.95. The van der Waals surface area contributed by atoms with Crippen LogP contribution in [0.25, 0.3) is 12.2 Å². The van der Waals surface area contributed by atoms with Gasteiger partial charge in [0.2, 0.25) is 5.89 Å². The molecule has 1 aromatic heterocycles. The monoisotopic (exact) mass is 520 g/mol. The van der Waals surface area contributed by atoms with Crippen molar-refractivity contribution >= 4 is 23.9 Å². The molecule has 1 fully saturated rings. The van der Waals surface area contributed by atoms with Gasteiger partial charge < -0.3 is 14.1 Å². The molecule has 1 saturated heterocycles. The number of aromatic nitrogens is 1. The molecule has 192 valence electrons. The molecule has 0 aliphatic carbocycles. The Labute approximate surface area is 212 Å². The van der Waals surface area contributed by atoms with Crippen LogP contribution in [0.4, 0.5) is 17.6 Å². The largest absolute Gasteiger partial charge is 0.487 e. The van der Waals surface area contributed by atoms with E-state index in [1.807, 2.05) is 23.9 Å². The van der Waals surface area contributed by atoms with Crippen molar-refractivity contribution in [3.63, 3.8) is 0 Å². The predicted molar refractivity (Wildman–Crippen MR) is 134 cm³/mol. The molecule has 0 radical (unpaired) electrons. The summed E-state index contributed by atoms with van der Waals surface area (Å²) in [7, 11) is 0. The number of rotatable bonds is 10. The molecule has 0 spiro atoms. The fraction of sp³-hybridized carbons (Fsp3) is 0.370. The van der Waals surface area contributed by atoms with Gasteiger partial charge in [-0.1, -0.05) is 18.2 Å². The number of ether oxygens (including phenoxy) is 1. The third-order valence-corrected chi connectivity index (χ3v) is 6.85. The van der Waals surface area contributed by atoms with E-state index < -0.39 is 17.6 Å². The van der Waals surface area contributed by atoms with Crippen LogP contribution in [0.1, 0.15) is 41.1 Å². The molecule has 36 heavy (non-hydrogen) atoms. The SMILES string of the molecule is Fc1cc(C(F)(F)F)ccc1C=Cc1nc(COc2ccc(CCCCN3CCSCC3)cc2)co1. The van der Waals surface area contributed by atoms with E-state index in [1.54, 1.807) is 0 Å². The smallest absolute Gasteiger partial charge is 0.416 e. The van der Waals surface area contributed by atoms with Gasteiger partial charge >= 0.3 is 6.18 Å². The summed E-state index contributed by atoms with van der Waals surface area (Å²) in [5, 5.41) is 0. The average molecular weight is 521 g/mol. The Hall–Kier alpha value is -2.78. The van der Waals surface area contributed by atoms with Crippen LogP contribution >= 0.6 is 11.8 Å². The number of aryl methyl sites for hydroxylation is 1. The molecule has 0 bridgehead atoms. The van der Waals surface area contributed by atoms with Crippen molar-refractivity contribution in [3.05, 3.63) is 82.8 Å². The lowest BCUT2D eigenvalue weighted by Gasteiger charge is -2.25. The summed E-state index contributed by atoms with van der Waals surface area (Å²) in [6.07, 6.45) is 2.96. The van der Waals surface area contributed by atoms with Gasteiger partial charge in [0.1, 0.15) is 30.1 Å². The van der Waals surface area contributed by atoms with Crippen molar-refractivity contribution in [2.45, 2.75) is 32.0 Å². The zero-order valence-corrected chi connectivity index (χ0v) is 20.6. The molecular formula is C27H28F4N2O2S. The maximum atomic E-state index is 14.0. The van der Waals surface area contributed by atoms with Gasteiger partial charge in [0.25, 0.3) is 0 Å². The Bertz CT molecular complexity index is 1140. The lowest BCUT2D eigenvalue weighted by molar-refractivity contribution is -0.137. The molecule has 0 N–H and O–H groups in total. The van der Waals surface area contributed by atoms with Crippen molar-refractivity contribution in [1.82, 2.24) is 9.88 Å². The van der Waals surface area contributed by atoms with Gasteiger partial charge in [0.15, 0.2) is 0 Å². The first-order valence-corrected chi connectivity index (χ1v) is 13.0. The molecule has 0 saturated carbocycles. The van der Waals surface area contributed by atoms with E-state index >= 15 is 0 Å². The van der Waals surface area contributed by atoms with Gasteiger partial charge in [0, 0.05) is 36.2 Å². The highest BCUT2D eigenvalue weighted by atomic mass is 32.2. The Kier molecular flexibility index (Phi) is 9.09. The number of hydrogen-bond acceptors (Lipinski definition) is 5. The highest BCUT2D eigenvalue weighted by Gasteiger charge is 2.31. The number of halogens is 4. The second-order valence-electron chi connectivity index (χ2n) is 8.59. The van der Waals surface area contributed by atoms with Crippen molar-refractivity contribution in [2.24, 2.45) is 0 Å². The van der Waals surface area contributed by atoms with Gasteiger partial charge in [-0.25, -0.2) is 9.37 Å². The summed E-state index contributed by atoms with van der Waals surface area (Å²) in [5.41, 5.74) is 0.793. The van der Waals surface area contributed by atoms with E-state index in [9.17, 15) is 17.6 Å². The third kappa shape index (κ3) is 7.86. The number of nitrogens with zero attached hydrogens (tertiary/aromatic N) is 2. The molecule has 0 atom stereocenters. The number of unbranched alkanes of at least 4 members (excludes halogenated alkanes) is 1. The lowest BCUT2D eigenvalue weighted by atomic mass is 10.1. The molecular weight excluding hydrogens is 492 g/mol. The second-order valence-corrected chi connectivity index (χ2v) is 9.81. The van der Waals surface area contributed by atoms with Crippen LogP contribution in [-0.4, -0.2) is 41.0 Å². The van der Waals surface area contributed by atoms with Crippen LogP contribution in [0.5, 0.6) is 5.75 Å². The average Bonchev–Trinajstić information content (AvgIpc) is 3.33. The zero-order valence-electron chi connectivity index (χ0n) is 19.8. The van der Waals surface area contributed by atoms with E-state index in [0.29, 0.717) is 11.8 Å². The van der Waals surface area contributed by atoms with E-state index in [4.69, 9.17) is 9.15 Å². The van der Waals surface area contributed by atoms with E-state index in [0.717, 1.165) is 30.7 Å². The highest BCUT2D eigenvalue weighted by Crippen LogP contribution is 2.30. The summed E-state index contributed by atoms with van der Waals surface area (Å²) in [4.78, 5) is 6.79. The molecule has 1 aliphatic rings. The van der Waals surface area contributed by atoms with Crippen molar-refractivity contribution in [1.29, 1.82) is 0 Å². The van der Waals surface area contributed by atoms with Crippen LogP contribution < -0.4 is 4.74 Å². The van der Waals surface area contributed by atoms with Crippen LogP contribution in [0.3, 0.4) is 0 Å². The molecule has 9 heteroatoms. The Morgan fingerprint density at radius 2 is 1.81 bits per heavy atom. The highest BCUT2D eigenvalue weighted by molar-refractivity contribution is 7.99. The van der Waals surface area contributed by atoms with E-state index in [1.165, 1.54) is 61.5 Å². The standard InChI is InChI=1S/C27H28F4N2O2S/c28-25-17-22(27(29,30)31)8-6-21(25)7-11-26-32-23(19-35-26)18-34-24-9-4-20(5-10-24)3-1-2-12-33-13-15-36-16-14-33/h4-11,17,19H,1-3,12-16,18H2. The van der Waals surface area contributed by atoms with Crippen molar-refractivity contribution < 1.29 is 26.7 Å². The molecule has 2 aromatic carbocycles. The molecule has 1 aliphatic heterocycles. The van der Waals surface area contributed by atoms with Gasteiger partial charge in [-0.15, -0.1) is 0 Å². The van der Waals surface area contributed by atoms with Crippen LogP contribution in [0.15, 0.2) is 53.1 Å². The van der Waals surface area contributed by atoms with Gasteiger partial charge in [-0.2, -0.15) is 24.9 Å². The van der Waals surface area contributed by atoms with Crippen molar-refractivity contribution in [2.75, 3.05) is 31.1 Å². The summed E-state index contributed by atoms with van der Waals surface area (Å²) in [6.45, 7) is 3.78. The fourth-order valence-corrected chi connectivity index (χ4v) is 4.84. The quantitative estimate of drug-likeness (QED) is 0.214. The summed E-state index contributed by atoms with van der Waals surface area (Å²) in [6, 6.07) is 10.4. The summed E-state index contributed by atoms with van der Waals surface area (Å²) < 4.78 is 63.1. The topological polar surface area (TPSA) is 38.5 Å². The maximum Gasteiger partial charge on any atom is 0.416 e. The minimum atomic E-state index is -4.59. The minimum Gasteiger partial charge on any atom is -0.487 e. The number of thioether (sulfide) groups is 1. The number of alkyl halides is 3. The van der Waals surface area contributed by atoms with Crippen LogP contribution in [0, 0.1) is 5.82 Å². The molecule has 4 nitrogen and oxygen atoms in total. The molecule has 0 amide bonds. The van der Waals surface area contributed by atoms with Gasteiger partial charge in [0.05, 0.1) is 5.56 Å². The minimum absolute atomic E-state index is 0.00434. The van der Waals surface area contributed by atoms with E-state index in [-0.39, 0.29) is 18.1 Å². The first kappa shape index (κ1) is 26.3. The van der Waals surface area contributed by atoms with Crippen LogP contribution in [-0.2, 0) is 19.2 Å². The second kappa shape index (κ2) is 12.5. The molecule has 0 unspecified atom stereocenters.